The van der Waals surface area contributed by atoms with E-state index in [0.717, 1.165) is 43.6 Å². The van der Waals surface area contributed by atoms with Crippen molar-refractivity contribution in [3.63, 3.8) is 0 Å². The summed E-state index contributed by atoms with van der Waals surface area (Å²) in [5, 5.41) is 0. The first-order valence-corrected chi connectivity index (χ1v) is 6.93. The fourth-order valence-electron chi connectivity index (χ4n) is 2.80. The van der Waals surface area contributed by atoms with Crippen molar-refractivity contribution in [2.24, 2.45) is 5.92 Å². The summed E-state index contributed by atoms with van der Waals surface area (Å²) in [4.78, 5) is 4.80. The van der Waals surface area contributed by atoms with E-state index in [1.807, 2.05) is 24.3 Å². The first-order chi connectivity index (χ1) is 9.06. The van der Waals surface area contributed by atoms with E-state index in [9.17, 15) is 0 Å². The molecule has 0 spiro atoms. The van der Waals surface area contributed by atoms with Gasteiger partial charge in [-0.25, -0.2) is 0 Å². The molecular weight excluding hydrogens is 238 g/mol. The van der Waals surface area contributed by atoms with Crippen molar-refractivity contribution in [2.45, 2.75) is 13.0 Å². The van der Waals surface area contributed by atoms with Crippen LogP contribution in [-0.2, 0) is 0 Å². The zero-order chi connectivity index (χ0) is 13.8. The fraction of sp³-hybridized carbons (Fsp3) is 0.600. The van der Waals surface area contributed by atoms with E-state index in [0.29, 0.717) is 6.04 Å². The third-order valence-corrected chi connectivity index (χ3v) is 3.85. The number of likely N-dealkylation sites (N-methyl/N-ethyl adjacent to an activating group) is 1. The molecule has 1 aromatic carbocycles. The number of hydrogen-bond donors (Lipinski definition) is 1. The molecule has 1 aromatic rings. The Morgan fingerprint density at radius 1 is 1.37 bits per heavy atom. The molecule has 19 heavy (non-hydrogen) atoms. The van der Waals surface area contributed by atoms with Crippen molar-refractivity contribution in [3.8, 4) is 5.75 Å². The lowest BCUT2D eigenvalue weighted by atomic mass is 10.1. The highest BCUT2D eigenvalue weighted by molar-refractivity contribution is 5.43. The number of nitrogens with two attached hydrogens (primary N) is 1. The van der Waals surface area contributed by atoms with Gasteiger partial charge in [-0.15, -0.1) is 0 Å². The number of nitrogen functional groups attached to an aromatic ring is 1. The Labute approximate surface area is 116 Å². The first-order valence-electron chi connectivity index (χ1n) is 6.93. The number of hydrogen-bond acceptors (Lipinski definition) is 4. The molecule has 1 aliphatic rings. The second-order valence-corrected chi connectivity index (χ2v) is 5.69. The van der Waals surface area contributed by atoms with Gasteiger partial charge in [0.2, 0.25) is 0 Å². The molecule has 106 valence electrons. The van der Waals surface area contributed by atoms with Gasteiger partial charge < -0.3 is 15.4 Å². The SMILES string of the molecule is CC1CN(CCOc2cccc(N)c2)CC1N(C)C. The maximum atomic E-state index is 5.74. The van der Waals surface area contributed by atoms with Gasteiger partial charge in [0.25, 0.3) is 0 Å². The van der Waals surface area contributed by atoms with Crippen molar-refractivity contribution >= 4 is 5.69 Å². The van der Waals surface area contributed by atoms with Gasteiger partial charge in [-0.3, -0.25) is 4.90 Å². The van der Waals surface area contributed by atoms with Crippen LogP contribution in [0.15, 0.2) is 24.3 Å². The van der Waals surface area contributed by atoms with Crippen molar-refractivity contribution in [1.82, 2.24) is 9.80 Å². The zero-order valence-corrected chi connectivity index (χ0v) is 12.2. The van der Waals surface area contributed by atoms with Crippen LogP contribution in [-0.4, -0.2) is 56.2 Å². The second kappa shape index (κ2) is 6.26. The molecule has 0 bridgehead atoms. The lowest BCUT2D eigenvalue weighted by Crippen LogP contribution is -2.35. The van der Waals surface area contributed by atoms with Gasteiger partial charge >= 0.3 is 0 Å². The molecule has 1 aliphatic heterocycles. The zero-order valence-electron chi connectivity index (χ0n) is 12.2. The summed E-state index contributed by atoms with van der Waals surface area (Å²) in [6.07, 6.45) is 0. The van der Waals surface area contributed by atoms with Gasteiger partial charge in [-0.2, -0.15) is 0 Å². The molecule has 0 aliphatic carbocycles. The standard InChI is InChI=1S/C15H25N3O/c1-12-10-18(11-15(12)17(2)3)7-8-19-14-6-4-5-13(16)9-14/h4-6,9,12,15H,7-8,10-11,16H2,1-3H3. The number of likely N-dealkylation sites (tertiary alicyclic amines) is 1. The van der Waals surface area contributed by atoms with E-state index in [2.05, 4.69) is 30.8 Å². The van der Waals surface area contributed by atoms with Crippen LogP contribution in [0.25, 0.3) is 0 Å². The van der Waals surface area contributed by atoms with Crippen LogP contribution in [0.1, 0.15) is 6.92 Å². The van der Waals surface area contributed by atoms with Gasteiger partial charge in [0.15, 0.2) is 0 Å². The van der Waals surface area contributed by atoms with E-state index < -0.39 is 0 Å². The molecular formula is C15H25N3O. The van der Waals surface area contributed by atoms with Gasteiger partial charge in [-0.1, -0.05) is 13.0 Å². The van der Waals surface area contributed by atoms with Crippen molar-refractivity contribution in [1.29, 1.82) is 0 Å². The van der Waals surface area contributed by atoms with E-state index in [-0.39, 0.29) is 0 Å². The third kappa shape index (κ3) is 3.85. The predicted molar refractivity (Wildman–Crippen MR) is 79.4 cm³/mol. The topological polar surface area (TPSA) is 41.7 Å². The van der Waals surface area contributed by atoms with Gasteiger partial charge in [0, 0.05) is 37.4 Å². The van der Waals surface area contributed by atoms with E-state index in [1.54, 1.807) is 0 Å². The average Bonchev–Trinajstić information content (AvgIpc) is 2.71. The third-order valence-electron chi connectivity index (χ3n) is 3.85. The van der Waals surface area contributed by atoms with Crippen LogP contribution in [0.5, 0.6) is 5.75 Å². The molecule has 2 N–H and O–H groups in total. The van der Waals surface area contributed by atoms with Gasteiger partial charge in [-0.05, 0) is 32.1 Å². The molecule has 0 aromatic heterocycles. The van der Waals surface area contributed by atoms with Crippen LogP contribution in [0.4, 0.5) is 5.69 Å². The molecule has 0 amide bonds. The molecule has 4 heteroatoms. The average molecular weight is 263 g/mol. The lowest BCUT2D eigenvalue weighted by Gasteiger charge is -2.22. The maximum Gasteiger partial charge on any atom is 0.121 e. The summed E-state index contributed by atoms with van der Waals surface area (Å²) in [6.45, 7) is 6.31. The van der Waals surface area contributed by atoms with Crippen LogP contribution in [0.2, 0.25) is 0 Å². The summed E-state index contributed by atoms with van der Waals surface area (Å²) in [6, 6.07) is 8.27. The smallest absolute Gasteiger partial charge is 0.121 e. The molecule has 1 fully saturated rings. The summed E-state index contributed by atoms with van der Waals surface area (Å²) >= 11 is 0. The predicted octanol–water partition coefficient (Wildman–Crippen LogP) is 1.53. The molecule has 0 radical (unpaired) electrons. The monoisotopic (exact) mass is 263 g/mol. The lowest BCUT2D eigenvalue weighted by molar-refractivity contribution is 0.220. The second-order valence-electron chi connectivity index (χ2n) is 5.69. The highest BCUT2D eigenvalue weighted by atomic mass is 16.5. The number of anilines is 1. The first kappa shape index (κ1) is 14.2. The largest absolute Gasteiger partial charge is 0.492 e. The van der Waals surface area contributed by atoms with Crippen molar-refractivity contribution in [3.05, 3.63) is 24.3 Å². The maximum absolute atomic E-state index is 5.74. The minimum atomic E-state index is 0.660. The van der Waals surface area contributed by atoms with Crippen LogP contribution in [0.3, 0.4) is 0 Å². The van der Waals surface area contributed by atoms with E-state index in [1.165, 1.54) is 0 Å². The Balaban J connectivity index is 1.75. The Morgan fingerprint density at radius 2 is 2.16 bits per heavy atom. The minimum absolute atomic E-state index is 0.660. The molecule has 0 saturated carbocycles. The summed E-state index contributed by atoms with van der Waals surface area (Å²) in [7, 11) is 4.32. The van der Waals surface area contributed by atoms with Crippen LogP contribution in [0, 0.1) is 5.92 Å². The molecule has 4 nitrogen and oxygen atoms in total. The Kier molecular flexibility index (Phi) is 4.66. The molecule has 1 heterocycles. The van der Waals surface area contributed by atoms with Gasteiger partial charge in [0.1, 0.15) is 12.4 Å². The molecule has 2 unspecified atom stereocenters. The molecule has 1 saturated heterocycles. The van der Waals surface area contributed by atoms with E-state index in [4.69, 9.17) is 10.5 Å². The highest BCUT2D eigenvalue weighted by Crippen LogP contribution is 2.20. The highest BCUT2D eigenvalue weighted by Gasteiger charge is 2.30. The van der Waals surface area contributed by atoms with Crippen LogP contribution >= 0.6 is 0 Å². The quantitative estimate of drug-likeness (QED) is 0.818. The van der Waals surface area contributed by atoms with Crippen LogP contribution < -0.4 is 10.5 Å². The summed E-state index contributed by atoms with van der Waals surface area (Å²) < 4.78 is 5.74. The summed E-state index contributed by atoms with van der Waals surface area (Å²) in [5.41, 5.74) is 6.48. The fourth-order valence-corrected chi connectivity index (χ4v) is 2.80. The Bertz CT molecular complexity index is 408. The minimum Gasteiger partial charge on any atom is -0.492 e. The Morgan fingerprint density at radius 3 is 2.79 bits per heavy atom. The Hall–Kier alpha value is -1.26. The van der Waals surface area contributed by atoms with Crippen molar-refractivity contribution in [2.75, 3.05) is 46.1 Å². The number of nitrogens with zero attached hydrogens (tertiary/aromatic N) is 2. The molecule has 2 atom stereocenters. The summed E-state index contributed by atoms with van der Waals surface area (Å²) in [5.74, 6) is 1.58. The van der Waals surface area contributed by atoms with Crippen molar-refractivity contribution < 1.29 is 4.74 Å². The number of ether oxygens (including phenoxy) is 1. The number of rotatable bonds is 5. The normalized spacial score (nSPS) is 24.0. The molecule has 2 rings (SSSR count). The number of benzene rings is 1. The van der Waals surface area contributed by atoms with E-state index >= 15 is 0 Å². The van der Waals surface area contributed by atoms with Gasteiger partial charge in [0.05, 0.1) is 0 Å².